The first kappa shape index (κ1) is 14.9. The SMILES string of the molecule is C[C@@H](CC#N)N(C)C(=O)Nc1cc2c(cc1Br)CCC2. The molecule has 2 amide bonds. The van der Waals surface area contributed by atoms with Crippen molar-refractivity contribution in [2.45, 2.75) is 38.6 Å². The molecular weight excluding hydrogens is 318 g/mol. The maximum Gasteiger partial charge on any atom is 0.321 e. The quantitative estimate of drug-likeness (QED) is 0.915. The summed E-state index contributed by atoms with van der Waals surface area (Å²) in [6.45, 7) is 1.86. The van der Waals surface area contributed by atoms with Crippen LogP contribution in [0.4, 0.5) is 10.5 Å². The maximum atomic E-state index is 12.2. The lowest BCUT2D eigenvalue weighted by molar-refractivity contribution is 0.208. The molecule has 0 aromatic heterocycles. The van der Waals surface area contributed by atoms with Crippen LogP contribution in [-0.2, 0) is 12.8 Å². The van der Waals surface area contributed by atoms with Crippen molar-refractivity contribution in [1.82, 2.24) is 4.90 Å². The number of hydrogen-bond donors (Lipinski definition) is 1. The second-order valence-corrected chi connectivity index (χ2v) is 6.06. The molecule has 106 valence electrons. The monoisotopic (exact) mass is 335 g/mol. The first-order valence-electron chi connectivity index (χ1n) is 6.75. The van der Waals surface area contributed by atoms with Gasteiger partial charge in [0.15, 0.2) is 0 Å². The van der Waals surface area contributed by atoms with E-state index in [9.17, 15) is 4.79 Å². The summed E-state index contributed by atoms with van der Waals surface area (Å²) in [7, 11) is 1.71. The molecule has 1 N–H and O–H groups in total. The van der Waals surface area contributed by atoms with Crippen LogP contribution < -0.4 is 5.32 Å². The van der Waals surface area contributed by atoms with Crippen molar-refractivity contribution < 1.29 is 4.79 Å². The van der Waals surface area contributed by atoms with Gasteiger partial charge in [0.05, 0.1) is 18.2 Å². The minimum atomic E-state index is -0.189. The fourth-order valence-corrected chi connectivity index (χ4v) is 2.85. The molecule has 2 rings (SSSR count). The third-order valence-corrected chi connectivity index (χ3v) is 4.45. The molecule has 0 aliphatic heterocycles. The average molecular weight is 336 g/mol. The van der Waals surface area contributed by atoms with E-state index >= 15 is 0 Å². The molecule has 5 heteroatoms. The van der Waals surface area contributed by atoms with Gasteiger partial charge in [-0.1, -0.05) is 0 Å². The van der Waals surface area contributed by atoms with Crippen molar-refractivity contribution in [3.05, 3.63) is 27.7 Å². The molecule has 0 radical (unpaired) electrons. The fraction of sp³-hybridized carbons (Fsp3) is 0.467. The van der Waals surface area contributed by atoms with Gasteiger partial charge in [0.25, 0.3) is 0 Å². The second kappa shape index (κ2) is 6.27. The van der Waals surface area contributed by atoms with Gasteiger partial charge in [-0.25, -0.2) is 4.79 Å². The summed E-state index contributed by atoms with van der Waals surface area (Å²) in [5.41, 5.74) is 3.48. The summed E-state index contributed by atoms with van der Waals surface area (Å²) in [6.07, 6.45) is 3.70. The van der Waals surface area contributed by atoms with Gasteiger partial charge in [-0.2, -0.15) is 5.26 Å². The van der Waals surface area contributed by atoms with Gasteiger partial charge < -0.3 is 10.2 Å². The summed E-state index contributed by atoms with van der Waals surface area (Å²) in [4.78, 5) is 13.7. The van der Waals surface area contributed by atoms with E-state index < -0.39 is 0 Å². The van der Waals surface area contributed by atoms with Gasteiger partial charge in [0.1, 0.15) is 0 Å². The average Bonchev–Trinajstić information content (AvgIpc) is 2.85. The van der Waals surface area contributed by atoms with Crippen LogP contribution in [0.25, 0.3) is 0 Å². The lowest BCUT2D eigenvalue weighted by Gasteiger charge is -2.23. The molecule has 4 nitrogen and oxygen atoms in total. The molecular formula is C15H18BrN3O. The number of nitrogens with one attached hydrogen (secondary N) is 1. The van der Waals surface area contributed by atoms with E-state index in [2.05, 4.69) is 33.4 Å². The summed E-state index contributed by atoms with van der Waals surface area (Å²) in [5, 5.41) is 11.6. The minimum absolute atomic E-state index is 0.104. The molecule has 0 unspecified atom stereocenters. The van der Waals surface area contributed by atoms with Crippen molar-refractivity contribution in [2.75, 3.05) is 12.4 Å². The minimum Gasteiger partial charge on any atom is -0.324 e. The van der Waals surface area contributed by atoms with Crippen LogP contribution >= 0.6 is 15.9 Å². The number of fused-ring (bicyclic) bond motifs is 1. The third kappa shape index (κ3) is 3.13. The third-order valence-electron chi connectivity index (χ3n) is 3.79. The van der Waals surface area contributed by atoms with Gasteiger partial charge in [-0.15, -0.1) is 0 Å². The summed E-state index contributed by atoms with van der Waals surface area (Å²) in [6, 6.07) is 5.93. The van der Waals surface area contributed by atoms with E-state index in [1.165, 1.54) is 17.5 Å². The number of urea groups is 1. The Morgan fingerprint density at radius 1 is 1.50 bits per heavy atom. The number of benzene rings is 1. The highest BCUT2D eigenvalue weighted by Gasteiger charge is 2.18. The highest BCUT2D eigenvalue weighted by atomic mass is 79.9. The van der Waals surface area contributed by atoms with E-state index in [1.54, 1.807) is 11.9 Å². The zero-order valence-electron chi connectivity index (χ0n) is 11.7. The lowest BCUT2D eigenvalue weighted by atomic mass is 10.1. The predicted molar refractivity (Wildman–Crippen MR) is 82.6 cm³/mol. The Hall–Kier alpha value is -1.54. The largest absolute Gasteiger partial charge is 0.324 e. The Balaban J connectivity index is 2.10. The Bertz CT molecular complexity index is 565. The van der Waals surface area contributed by atoms with E-state index in [1.807, 2.05) is 13.0 Å². The molecule has 0 saturated heterocycles. The number of carbonyl (C=O) groups excluding carboxylic acids is 1. The molecule has 0 bridgehead atoms. The molecule has 1 atom stereocenters. The standard InChI is InChI=1S/C15H18BrN3O/c1-10(6-7-17)19(2)15(20)18-14-9-12-5-3-4-11(12)8-13(14)16/h8-10H,3-6H2,1-2H3,(H,18,20)/t10-/m0/s1. The second-order valence-electron chi connectivity index (χ2n) is 5.21. The van der Waals surface area contributed by atoms with Crippen LogP contribution in [0, 0.1) is 11.3 Å². The van der Waals surface area contributed by atoms with Crippen LogP contribution in [-0.4, -0.2) is 24.0 Å². The predicted octanol–water partition coefficient (Wildman–Crippen LogP) is 3.70. The normalized spacial score (nSPS) is 14.3. The zero-order valence-corrected chi connectivity index (χ0v) is 13.3. The van der Waals surface area contributed by atoms with Crippen molar-refractivity contribution in [2.24, 2.45) is 0 Å². The molecule has 0 fully saturated rings. The number of rotatable bonds is 3. The van der Waals surface area contributed by atoms with Gasteiger partial charge in [-0.3, -0.25) is 0 Å². The smallest absolute Gasteiger partial charge is 0.321 e. The Kier molecular flexibility index (Phi) is 4.66. The van der Waals surface area contributed by atoms with Crippen LogP contribution in [0.2, 0.25) is 0 Å². The summed E-state index contributed by atoms with van der Waals surface area (Å²) in [5.74, 6) is 0. The number of halogens is 1. The number of aryl methyl sites for hydroxylation is 2. The van der Waals surface area contributed by atoms with Gasteiger partial charge in [-0.05, 0) is 65.4 Å². The van der Waals surface area contributed by atoms with Crippen LogP contribution in [0.3, 0.4) is 0 Å². The van der Waals surface area contributed by atoms with Crippen LogP contribution in [0.5, 0.6) is 0 Å². The van der Waals surface area contributed by atoms with Crippen molar-refractivity contribution in [3.63, 3.8) is 0 Å². The number of amides is 2. The molecule has 0 saturated carbocycles. The Morgan fingerprint density at radius 3 is 2.80 bits per heavy atom. The molecule has 0 spiro atoms. The highest BCUT2D eigenvalue weighted by Crippen LogP contribution is 2.31. The number of anilines is 1. The Morgan fingerprint density at radius 2 is 2.15 bits per heavy atom. The van der Waals surface area contributed by atoms with Crippen LogP contribution in [0.1, 0.15) is 30.9 Å². The summed E-state index contributed by atoms with van der Waals surface area (Å²) >= 11 is 3.51. The lowest BCUT2D eigenvalue weighted by Crippen LogP contribution is -2.38. The number of nitriles is 1. The molecule has 1 aliphatic carbocycles. The first-order chi connectivity index (χ1) is 9.52. The topological polar surface area (TPSA) is 56.1 Å². The molecule has 1 aromatic rings. The number of carbonyl (C=O) groups is 1. The number of hydrogen-bond acceptors (Lipinski definition) is 2. The zero-order chi connectivity index (χ0) is 14.7. The molecule has 0 heterocycles. The van der Waals surface area contributed by atoms with E-state index in [0.717, 1.165) is 23.0 Å². The highest BCUT2D eigenvalue weighted by molar-refractivity contribution is 9.10. The van der Waals surface area contributed by atoms with Crippen molar-refractivity contribution in [1.29, 1.82) is 5.26 Å². The van der Waals surface area contributed by atoms with Gasteiger partial charge in [0, 0.05) is 17.6 Å². The fourth-order valence-electron chi connectivity index (χ4n) is 2.36. The first-order valence-corrected chi connectivity index (χ1v) is 7.54. The Labute approximate surface area is 127 Å². The van der Waals surface area contributed by atoms with Gasteiger partial charge in [0.2, 0.25) is 0 Å². The van der Waals surface area contributed by atoms with Crippen molar-refractivity contribution >= 4 is 27.6 Å². The van der Waals surface area contributed by atoms with E-state index in [4.69, 9.17) is 5.26 Å². The molecule has 20 heavy (non-hydrogen) atoms. The molecule has 1 aliphatic rings. The summed E-state index contributed by atoms with van der Waals surface area (Å²) < 4.78 is 0.910. The van der Waals surface area contributed by atoms with E-state index in [-0.39, 0.29) is 12.1 Å². The molecule has 1 aromatic carbocycles. The van der Waals surface area contributed by atoms with Gasteiger partial charge >= 0.3 is 6.03 Å². The van der Waals surface area contributed by atoms with Crippen molar-refractivity contribution in [3.8, 4) is 6.07 Å². The van der Waals surface area contributed by atoms with Crippen LogP contribution in [0.15, 0.2) is 16.6 Å². The van der Waals surface area contributed by atoms with E-state index in [0.29, 0.717) is 6.42 Å². The maximum absolute atomic E-state index is 12.2. The number of nitrogens with zero attached hydrogens (tertiary/aromatic N) is 2.